The van der Waals surface area contributed by atoms with Crippen LogP contribution in [0, 0.1) is 0 Å². The maximum Gasteiger partial charge on any atom is 0.296 e. The molecule has 2 saturated heterocycles. The van der Waals surface area contributed by atoms with Gasteiger partial charge in [0.2, 0.25) is 0 Å². The number of ketones is 1. The first-order valence-electron chi connectivity index (χ1n) is 15.1. The summed E-state index contributed by atoms with van der Waals surface area (Å²) in [4.78, 5) is 31.5. The lowest BCUT2D eigenvalue weighted by Gasteiger charge is -2.28. The number of likely N-dealkylation sites (tertiary alicyclic amines) is 1. The zero-order valence-corrected chi connectivity index (χ0v) is 25.1. The lowest BCUT2D eigenvalue weighted by atomic mass is 9.85. The molecule has 1 amide bonds. The molecule has 5 rings (SSSR count). The van der Waals surface area contributed by atoms with Gasteiger partial charge in [0, 0.05) is 42.7 Å². The van der Waals surface area contributed by atoms with Crippen molar-refractivity contribution < 1.29 is 24.2 Å². The summed E-state index contributed by atoms with van der Waals surface area (Å²) in [5.41, 5.74) is 2.10. The van der Waals surface area contributed by atoms with Crippen LogP contribution in [0.5, 0.6) is 11.5 Å². The minimum absolute atomic E-state index is 0.0172. The summed E-state index contributed by atoms with van der Waals surface area (Å²) in [5, 5.41) is 15.4. The molecule has 0 bridgehead atoms. The zero-order chi connectivity index (χ0) is 29.7. The highest BCUT2D eigenvalue weighted by Crippen LogP contribution is 2.36. The van der Waals surface area contributed by atoms with Gasteiger partial charge in [0.05, 0.1) is 18.9 Å². The van der Waals surface area contributed by atoms with Crippen molar-refractivity contribution in [1.82, 2.24) is 9.80 Å². The van der Waals surface area contributed by atoms with Gasteiger partial charge in [-0.25, -0.2) is 0 Å². The highest BCUT2D eigenvalue weighted by atomic mass is 16.5. The number of hydrogen-bond acceptors (Lipinski definition) is 7. The van der Waals surface area contributed by atoms with Gasteiger partial charge in [-0.3, -0.25) is 19.4 Å². The van der Waals surface area contributed by atoms with Gasteiger partial charge in [0.1, 0.15) is 18.1 Å². The van der Waals surface area contributed by atoms with E-state index in [0.29, 0.717) is 29.9 Å². The Morgan fingerprint density at radius 3 is 2.36 bits per heavy atom. The lowest BCUT2D eigenvalue weighted by Crippen LogP contribution is -2.38. The number of carbonyl (C=O) groups excluding carboxylic acids is 2. The molecule has 0 unspecified atom stereocenters. The van der Waals surface area contributed by atoms with Crippen molar-refractivity contribution in [1.29, 1.82) is 0 Å². The van der Waals surface area contributed by atoms with E-state index in [2.05, 4.69) is 35.9 Å². The van der Waals surface area contributed by atoms with Gasteiger partial charge in [-0.1, -0.05) is 57.5 Å². The molecular weight excluding hydrogens is 530 g/mol. The van der Waals surface area contributed by atoms with Crippen LogP contribution in [0.25, 0.3) is 10.8 Å². The standard InChI is InChI=1S/C34H43N3O5/c1-34(2,3)25-21-24(23-37-13-7-4-8-14-37)31(38)29(22-25)35-33(40)32(39)28-11-12-30(27-10-6-5-9-26(27)28)42-20-17-36-15-18-41-19-16-36/h5-6,9-12,21-22,38H,4,7-8,13-20,23H2,1-3H3,(H,35,40). The van der Waals surface area contributed by atoms with Crippen molar-refractivity contribution in [2.75, 3.05) is 57.9 Å². The molecule has 0 spiro atoms. The van der Waals surface area contributed by atoms with E-state index in [1.165, 1.54) is 6.42 Å². The second kappa shape index (κ2) is 13.2. The van der Waals surface area contributed by atoms with Gasteiger partial charge in [-0.15, -0.1) is 0 Å². The number of morpholine rings is 1. The number of fused-ring (bicyclic) bond motifs is 1. The first kappa shape index (κ1) is 30.0. The fraction of sp³-hybridized carbons (Fsp3) is 0.471. The molecule has 0 aliphatic carbocycles. The summed E-state index contributed by atoms with van der Waals surface area (Å²) in [6, 6.07) is 14.7. The Kier molecular flexibility index (Phi) is 9.46. The van der Waals surface area contributed by atoms with Gasteiger partial charge in [0.15, 0.2) is 0 Å². The quantitative estimate of drug-likeness (QED) is 0.202. The number of anilines is 1. The molecular formula is C34H43N3O5. The summed E-state index contributed by atoms with van der Waals surface area (Å²) in [6.07, 6.45) is 3.51. The average Bonchev–Trinajstić information content (AvgIpc) is 2.99. The van der Waals surface area contributed by atoms with Crippen molar-refractivity contribution in [3.8, 4) is 11.5 Å². The maximum atomic E-state index is 13.5. The third-order valence-corrected chi connectivity index (χ3v) is 8.25. The number of nitrogens with zero attached hydrogens (tertiary/aromatic N) is 2. The van der Waals surface area contributed by atoms with E-state index in [0.717, 1.165) is 75.3 Å². The van der Waals surface area contributed by atoms with E-state index in [1.807, 2.05) is 30.3 Å². The van der Waals surface area contributed by atoms with Crippen LogP contribution in [-0.4, -0.2) is 79.1 Å². The third kappa shape index (κ3) is 7.12. The SMILES string of the molecule is CC(C)(C)c1cc(CN2CCCCC2)c(O)c(NC(=O)C(=O)c2ccc(OCCN3CCOCC3)c3ccccc23)c1. The fourth-order valence-corrected chi connectivity index (χ4v) is 5.71. The number of Topliss-reactive ketones (excluding diaryl/α,β-unsaturated/α-hetero) is 1. The van der Waals surface area contributed by atoms with E-state index in [1.54, 1.807) is 18.2 Å². The summed E-state index contributed by atoms with van der Waals surface area (Å²) >= 11 is 0. The zero-order valence-electron chi connectivity index (χ0n) is 25.1. The predicted octanol–water partition coefficient (Wildman–Crippen LogP) is 5.36. The molecule has 2 fully saturated rings. The Morgan fingerprint density at radius 2 is 1.64 bits per heavy atom. The van der Waals surface area contributed by atoms with E-state index < -0.39 is 11.7 Å². The summed E-state index contributed by atoms with van der Waals surface area (Å²) in [6.45, 7) is 13.4. The van der Waals surface area contributed by atoms with Crippen molar-refractivity contribution in [3.63, 3.8) is 0 Å². The molecule has 0 atom stereocenters. The number of carbonyl (C=O) groups is 2. The van der Waals surface area contributed by atoms with Crippen molar-refractivity contribution >= 4 is 28.2 Å². The van der Waals surface area contributed by atoms with Gasteiger partial charge < -0.3 is 19.9 Å². The molecule has 0 saturated carbocycles. The maximum absolute atomic E-state index is 13.5. The second-order valence-electron chi connectivity index (χ2n) is 12.4. The smallest absolute Gasteiger partial charge is 0.296 e. The minimum Gasteiger partial charge on any atom is -0.505 e. The molecule has 3 aromatic rings. The number of phenolic OH excluding ortho intramolecular Hbond substituents is 1. The Labute approximate surface area is 248 Å². The first-order chi connectivity index (χ1) is 20.2. The number of benzene rings is 3. The van der Waals surface area contributed by atoms with Crippen LogP contribution in [-0.2, 0) is 21.5 Å². The van der Waals surface area contributed by atoms with Crippen LogP contribution in [0.4, 0.5) is 5.69 Å². The molecule has 0 radical (unpaired) electrons. The van der Waals surface area contributed by atoms with E-state index in [4.69, 9.17) is 9.47 Å². The van der Waals surface area contributed by atoms with Crippen LogP contribution in [0.2, 0.25) is 0 Å². The number of amides is 1. The van der Waals surface area contributed by atoms with Crippen LogP contribution < -0.4 is 10.1 Å². The van der Waals surface area contributed by atoms with E-state index >= 15 is 0 Å². The molecule has 0 aromatic heterocycles. The molecule has 42 heavy (non-hydrogen) atoms. The number of ether oxygens (including phenoxy) is 2. The summed E-state index contributed by atoms with van der Waals surface area (Å²) in [7, 11) is 0. The van der Waals surface area contributed by atoms with Crippen LogP contribution in [0.1, 0.15) is 61.5 Å². The van der Waals surface area contributed by atoms with Gasteiger partial charge >= 0.3 is 0 Å². The van der Waals surface area contributed by atoms with Gasteiger partial charge in [-0.2, -0.15) is 0 Å². The summed E-state index contributed by atoms with van der Waals surface area (Å²) in [5.74, 6) is -0.757. The first-order valence-corrected chi connectivity index (χ1v) is 15.1. The van der Waals surface area contributed by atoms with Crippen LogP contribution in [0.3, 0.4) is 0 Å². The van der Waals surface area contributed by atoms with Crippen LogP contribution >= 0.6 is 0 Å². The Bertz CT molecular complexity index is 1420. The average molecular weight is 574 g/mol. The molecule has 8 nitrogen and oxygen atoms in total. The van der Waals surface area contributed by atoms with Crippen molar-refractivity contribution in [2.45, 2.75) is 52.0 Å². The van der Waals surface area contributed by atoms with E-state index in [9.17, 15) is 14.7 Å². The Balaban J connectivity index is 1.35. The van der Waals surface area contributed by atoms with Gasteiger partial charge in [-0.05, 0) is 60.5 Å². The number of piperidine rings is 1. The van der Waals surface area contributed by atoms with E-state index in [-0.39, 0.29) is 16.9 Å². The monoisotopic (exact) mass is 573 g/mol. The number of hydrogen-bond donors (Lipinski definition) is 2. The molecule has 2 heterocycles. The Hall–Kier alpha value is -3.46. The Morgan fingerprint density at radius 1 is 0.929 bits per heavy atom. The number of aromatic hydroxyl groups is 1. The molecule has 2 N–H and O–H groups in total. The molecule has 2 aliphatic rings. The number of rotatable bonds is 9. The number of phenols is 1. The largest absolute Gasteiger partial charge is 0.505 e. The van der Waals surface area contributed by atoms with Crippen LogP contribution in [0.15, 0.2) is 48.5 Å². The highest BCUT2D eigenvalue weighted by Gasteiger charge is 2.25. The molecule has 3 aromatic carbocycles. The molecule has 8 heteroatoms. The second-order valence-corrected chi connectivity index (χ2v) is 12.4. The topological polar surface area (TPSA) is 91.3 Å². The third-order valence-electron chi connectivity index (χ3n) is 8.25. The minimum atomic E-state index is -0.786. The van der Waals surface area contributed by atoms with Crippen molar-refractivity contribution in [2.24, 2.45) is 0 Å². The number of nitrogens with one attached hydrogen (secondary N) is 1. The molecule has 2 aliphatic heterocycles. The fourth-order valence-electron chi connectivity index (χ4n) is 5.71. The van der Waals surface area contributed by atoms with Crippen molar-refractivity contribution in [3.05, 3.63) is 65.2 Å². The lowest BCUT2D eigenvalue weighted by molar-refractivity contribution is -0.112. The predicted molar refractivity (Wildman–Crippen MR) is 166 cm³/mol. The molecule has 224 valence electrons. The normalized spacial score (nSPS) is 16.8. The summed E-state index contributed by atoms with van der Waals surface area (Å²) < 4.78 is 11.5. The highest BCUT2D eigenvalue weighted by molar-refractivity contribution is 6.48. The van der Waals surface area contributed by atoms with Gasteiger partial charge in [0.25, 0.3) is 11.7 Å².